The van der Waals surface area contributed by atoms with Crippen LogP contribution in [-0.2, 0) is 6.54 Å². The predicted octanol–water partition coefficient (Wildman–Crippen LogP) is 3.46. The third-order valence-electron chi connectivity index (χ3n) is 3.48. The SMILES string of the molecule is C/C(=N/NC(=S)NCc1ccc2c(c1)OCO2)c1ccc(Cl)cc1. The first kappa shape index (κ1) is 16.5. The first-order valence-corrected chi connectivity index (χ1v) is 8.13. The van der Waals surface area contributed by atoms with Gasteiger partial charge in [0.2, 0.25) is 6.79 Å². The molecular formula is C17H16ClN3O2S. The number of hydrazone groups is 1. The predicted molar refractivity (Wildman–Crippen MR) is 98.8 cm³/mol. The molecule has 124 valence electrons. The van der Waals surface area contributed by atoms with Crippen molar-refractivity contribution in [2.75, 3.05) is 6.79 Å². The smallest absolute Gasteiger partial charge is 0.231 e. The first-order chi connectivity index (χ1) is 11.6. The maximum absolute atomic E-state index is 5.88. The van der Waals surface area contributed by atoms with Crippen LogP contribution in [0.1, 0.15) is 18.1 Å². The molecule has 3 rings (SSSR count). The lowest BCUT2D eigenvalue weighted by Gasteiger charge is -2.09. The van der Waals surface area contributed by atoms with Crippen LogP contribution >= 0.6 is 23.8 Å². The van der Waals surface area contributed by atoms with Gasteiger partial charge in [0.1, 0.15) is 0 Å². The summed E-state index contributed by atoms with van der Waals surface area (Å²) in [6.07, 6.45) is 0. The van der Waals surface area contributed by atoms with E-state index in [-0.39, 0.29) is 6.79 Å². The van der Waals surface area contributed by atoms with E-state index in [1.165, 1.54) is 0 Å². The Kier molecular flexibility index (Phi) is 5.17. The highest BCUT2D eigenvalue weighted by Gasteiger charge is 2.13. The maximum atomic E-state index is 5.88. The molecule has 1 aliphatic rings. The summed E-state index contributed by atoms with van der Waals surface area (Å²) in [5, 5.41) is 8.51. The number of rotatable bonds is 4. The molecule has 0 saturated carbocycles. The monoisotopic (exact) mass is 361 g/mol. The van der Waals surface area contributed by atoms with E-state index in [0.29, 0.717) is 16.7 Å². The van der Waals surface area contributed by atoms with Crippen molar-refractivity contribution in [1.29, 1.82) is 0 Å². The fraction of sp³-hybridized carbons (Fsp3) is 0.176. The number of ether oxygens (including phenoxy) is 2. The Morgan fingerprint density at radius 2 is 1.92 bits per heavy atom. The van der Waals surface area contributed by atoms with Crippen molar-refractivity contribution in [3.63, 3.8) is 0 Å². The Morgan fingerprint density at radius 3 is 2.71 bits per heavy atom. The molecule has 0 fully saturated rings. The Morgan fingerprint density at radius 1 is 1.17 bits per heavy atom. The van der Waals surface area contributed by atoms with Crippen LogP contribution in [-0.4, -0.2) is 17.6 Å². The fourth-order valence-corrected chi connectivity index (χ4v) is 2.41. The Balaban J connectivity index is 1.52. The molecule has 0 bridgehead atoms. The van der Waals surface area contributed by atoms with Gasteiger partial charge in [-0.3, -0.25) is 5.43 Å². The number of nitrogens with zero attached hydrogens (tertiary/aromatic N) is 1. The standard InChI is InChI=1S/C17H16ClN3O2S/c1-11(13-3-5-14(18)6-4-13)20-21-17(24)19-9-12-2-7-15-16(8-12)23-10-22-15/h2-8H,9-10H2,1H3,(H2,19,21,24)/b20-11-. The average Bonchev–Trinajstić information content (AvgIpc) is 3.06. The average molecular weight is 362 g/mol. The number of hydrogen-bond acceptors (Lipinski definition) is 4. The molecule has 2 aromatic rings. The van der Waals surface area contributed by atoms with Gasteiger partial charge in [0, 0.05) is 11.6 Å². The summed E-state index contributed by atoms with van der Waals surface area (Å²) in [5.74, 6) is 1.52. The summed E-state index contributed by atoms with van der Waals surface area (Å²) < 4.78 is 10.6. The van der Waals surface area contributed by atoms with Gasteiger partial charge in [-0.05, 0) is 54.5 Å². The van der Waals surface area contributed by atoms with E-state index in [4.69, 9.17) is 33.3 Å². The molecule has 0 saturated heterocycles. The highest BCUT2D eigenvalue weighted by atomic mass is 35.5. The second kappa shape index (κ2) is 7.51. The van der Waals surface area contributed by atoms with E-state index in [2.05, 4.69) is 15.8 Å². The minimum absolute atomic E-state index is 0.269. The highest BCUT2D eigenvalue weighted by Crippen LogP contribution is 2.32. The number of fused-ring (bicyclic) bond motifs is 1. The summed E-state index contributed by atoms with van der Waals surface area (Å²) >= 11 is 11.1. The molecule has 0 amide bonds. The van der Waals surface area contributed by atoms with Gasteiger partial charge in [-0.2, -0.15) is 5.10 Å². The molecular weight excluding hydrogens is 346 g/mol. The molecule has 2 N–H and O–H groups in total. The van der Waals surface area contributed by atoms with E-state index in [0.717, 1.165) is 28.3 Å². The van der Waals surface area contributed by atoms with Gasteiger partial charge in [0.15, 0.2) is 16.6 Å². The van der Waals surface area contributed by atoms with Crippen LogP contribution in [0.4, 0.5) is 0 Å². The minimum Gasteiger partial charge on any atom is -0.454 e. The van der Waals surface area contributed by atoms with E-state index in [1.54, 1.807) is 0 Å². The molecule has 2 aromatic carbocycles. The zero-order chi connectivity index (χ0) is 16.9. The van der Waals surface area contributed by atoms with Crippen molar-refractivity contribution in [1.82, 2.24) is 10.7 Å². The third-order valence-corrected chi connectivity index (χ3v) is 3.96. The van der Waals surface area contributed by atoms with Crippen molar-refractivity contribution < 1.29 is 9.47 Å². The van der Waals surface area contributed by atoms with Crippen LogP contribution in [0.25, 0.3) is 0 Å². The van der Waals surface area contributed by atoms with Crippen LogP contribution in [0.3, 0.4) is 0 Å². The number of nitrogens with one attached hydrogen (secondary N) is 2. The molecule has 24 heavy (non-hydrogen) atoms. The zero-order valence-corrected chi connectivity index (χ0v) is 14.6. The Bertz CT molecular complexity index is 778. The molecule has 0 spiro atoms. The van der Waals surface area contributed by atoms with Crippen LogP contribution < -0.4 is 20.2 Å². The number of hydrogen-bond donors (Lipinski definition) is 2. The fourth-order valence-electron chi connectivity index (χ4n) is 2.16. The lowest BCUT2D eigenvalue weighted by molar-refractivity contribution is 0.174. The molecule has 0 atom stereocenters. The molecule has 1 aliphatic heterocycles. The van der Waals surface area contributed by atoms with Crippen LogP contribution in [0, 0.1) is 0 Å². The summed E-state index contributed by atoms with van der Waals surface area (Å²) in [5.41, 5.74) is 5.68. The van der Waals surface area contributed by atoms with Gasteiger partial charge >= 0.3 is 0 Å². The third kappa shape index (κ3) is 4.15. The lowest BCUT2D eigenvalue weighted by Crippen LogP contribution is -2.32. The molecule has 0 aliphatic carbocycles. The largest absolute Gasteiger partial charge is 0.454 e. The summed E-state index contributed by atoms with van der Waals surface area (Å²) in [6.45, 7) is 2.74. The van der Waals surface area contributed by atoms with Crippen LogP contribution in [0.15, 0.2) is 47.6 Å². The topological polar surface area (TPSA) is 54.9 Å². The number of benzene rings is 2. The molecule has 7 heteroatoms. The van der Waals surface area contributed by atoms with Crippen molar-refractivity contribution in [3.8, 4) is 11.5 Å². The van der Waals surface area contributed by atoms with Gasteiger partial charge < -0.3 is 14.8 Å². The van der Waals surface area contributed by atoms with Crippen molar-refractivity contribution in [2.45, 2.75) is 13.5 Å². The molecule has 0 unspecified atom stereocenters. The van der Waals surface area contributed by atoms with E-state index in [9.17, 15) is 0 Å². The first-order valence-electron chi connectivity index (χ1n) is 7.34. The van der Waals surface area contributed by atoms with Crippen molar-refractivity contribution in [2.24, 2.45) is 5.10 Å². The van der Waals surface area contributed by atoms with Gasteiger partial charge in [0.25, 0.3) is 0 Å². The molecule has 1 heterocycles. The number of halogens is 1. The molecule has 0 radical (unpaired) electrons. The Labute approximate surface area is 150 Å². The normalized spacial score (nSPS) is 12.8. The second-order valence-electron chi connectivity index (χ2n) is 5.19. The van der Waals surface area contributed by atoms with Crippen LogP contribution in [0.2, 0.25) is 5.02 Å². The van der Waals surface area contributed by atoms with Gasteiger partial charge in [0.05, 0.1) is 5.71 Å². The van der Waals surface area contributed by atoms with Crippen molar-refractivity contribution >= 4 is 34.6 Å². The van der Waals surface area contributed by atoms with E-state index < -0.39 is 0 Å². The maximum Gasteiger partial charge on any atom is 0.231 e. The second-order valence-corrected chi connectivity index (χ2v) is 6.03. The van der Waals surface area contributed by atoms with E-state index in [1.807, 2.05) is 49.4 Å². The quantitative estimate of drug-likeness (QED) is 0.496. The molecule has 5 nitrogen and oxygen atoms in total. The van der Waals surface area contributed by atoms with Gasteiger partial charge in [-0.25, -0.2) is 0 Å². The van der Waals surface area contributed by atoms with Gasteiger partial charge in [-0.15, -0.1) is 0 Å². The van der Waals surface area contributed by atoms with Crippen LogP contribution in [0.5, 0.6) is 11.5 Å². The number of thiocarbonyl (C=S) groups is 1. The highest BCUT2D eigenvalue weighted by molar-refractivity contribution is 7.80. The lowest BCUT2D eigenvalue weighted by atomic mass is 10.1. The Hall–Kier alpha value is -2.31. The summed E-state index contributed by atoms with van der Waals surface area (Å²) in [7, 11) is 0. The van der Waals surface area contributed by atoms with E-state index >= 15 is 0 Å². The summed E-state index contributed by atoms with van der Waals surface area (Å²) in [6, 6.07) is 13.3. The summed E-state index contributed by atoms with van der Waals surface area (Å²) in [4.78, 5) is 0. The minimum atomic E-state index is 0.269. The molecule has 0 aromatic heterocycles. The van der Waals surface area contributed by atoms with Gasteiger partial charge in [-0.1, -0.05) is 29.8 Å². The zero-order valence-electron chi connectivity index (χ0n) is 13.0. The van der Waals surface area contributed by atoms with Crippen molar-refractivity contribution in [3.05, 3.63) is 58.6 Å².